The second kappa shape index (κ2) is 5.84. The molecule has 0 fully saturated rings. The van der Waals surface area contributed by atoms with Gasteiger partial charge in [0.25, 0.3) is 0 Å². The van der Waals surface area contributed by atoms with Gasteiger partial charge in [0.15, 0.2) is 0 Å². The summed E-state index contributed by atoms with van der Waals surface area (Å²) >= 11 is 5.25. The Morgan fingerprint density at radius 2 is 1.68 bits per heavy atom. The van der Waals surface area contributed by atoms with Gasteiger partial charge in [0.2, 0.25) is 10.8 Å². The quantitative estimate of drug-likeness (QED) is 0.670. The number of methoxy groups -OCH3 is 1. The van der Waals surface area contributed by atoms with Gasteiger partial charge in [0, 0.05) is 18.2 Å². The second-order valence-electron chi connectivity index (χ2n) is 4.83. The summed E-state index contributed by atoms with van der Waals surface area (Å²) in [5, 5.41) is 6.10. The van der Waals surface area contributed by atoms with Crippen LogP contribution in [0, 0.1) is 0 Å². The van der Waals surface area contributed by atoms with Crippen molar-refractivity contribution in [3.8, 4) is 0 Å². The molecule has 1 aliphatic rings. The van der Waals surface area contributed by atoms with Crippen molar-refractivity contribution in [3.63, 3.8) is 0 Å². The molecule has 1 heterocycles. The third kappa shape index (κ3) is 2.18. The fourth-order valence-electron chi connectivity index (χ4n) is 2.60. The monoisotopic (exact) mass is 312 g/mol. The Kier molecular flexibility index (Phi) is 3.89. The van der Waals surface area contributed by atoms with Crippen molar-refractivity contribution in [2.24, 2.45) is 10.9 Å². The molecule has 2 aromatic rings. The van der Waals surface area contributed by atoms with Gasteiger partial charge in [-0.1, -0.05) is 60.7 Å². The molecule has 22 heavy (non-hydrogen) atoms. The summed E-state index contributed by atoms with van der Waals surface area (Å²) in [5.41, 5.74) is 4.11. The van der Waals surface area contributed by atoms with Crippen molar-refractivity contribution in [2.45, 2.75) is 5.72 Å². The highest BCUT2D eigenvalue weighted by Gasteiger charge is 2.47. The van der Waals surface area contributed by atoms with Gasteiger partial charge in [0.05, 0.1) is 0 Å². The van der Waals surface area contributed by atoms with Crippen LogP contribution >= 0.6 is 12.2 Å². The van der Waals surface area contributed by atoms with Crippen LogP contribution in [0.1, 0.15) is 11.1 Å². The van der Waals surface area contributed by atoms with Crippen molar-refractivity contribution in [2.75, 3.05) is 7.11 Å². The molecule has 0 aliphatic carbocycles. The molecule has 0 spiro atoms. The minimum atomic E-state index is -1.08. The molecule has 0 aromatic heterocycles. The van der Waals surface area contributed by atoms with Crippen LogP contribution in [0.4, 0.5) is 0 Å². The fraction of sp³-hybridized carbons (Fsp3) is 0.125. The molecule has 0 saturated heterocycles. The van der Waals surface area contributed by atoms with E-state index in [0.717, 1.165) is 11.1 Å². The maximum atomic E-state index is 6.25. The Balaban J connectivity index is 2.24. The van der Waals surface area contributed by atoms with E-state index in [1.54, 1.807) is 7.11 Å². The molecule has 1 atom stereocenters. The third-order valence-corrected chi connectivity index (χ3v) is 3.94. The Bertz CT molecular complexity index is 705. The highest BCUT2D eigenvalue weighted by Crippen LogP contribution is 2.34. The Hall–Kier alpha value is -2.28. The first-order valence-electron chi connectivity index (χ1n) is 6.79. The van der Waals surface area contributed by atoms with Crippen LogP contribution < -0.4 is 11.3 Å². The molecule has 5 nitrogen and oxygen atoms in total. The lowest BCUT2D eigenvalue weighted by Crippen LogP contribution is -2.64. The Morgan fingerprint density at radius 1 is 1.09 bits per heavy atom. The molecule has 1 unspecified atom stereocenters. The number of hydrazine groups is 1. The van der Waals surface area contributed by atoms with Crippen LogP contribution in [0.25, 0.3) is 0 Å². The fourth-order valence-corrected chi connectivity index (χ4v) is 2.77. The molecule has 0 radical (unpaired) electrons. The number of rotatable bonds is 3. The lowest BCUT2D eigenvalue weighted by molar-refractivity contribution is -0.0555. The molecule has 0 amide bonds. The smallest absolute Gasteiger partial charge is 0.228 e. The molecule has 2 aromatic carbocycles. The lowest BCUT2D eigenvalue weighted by Gasteiger charge is -2.44. The van der Waals surface area contributed by atoms with E-state index >= 15 is 0 Å². The van der Waals surface area contributed by atoms with E-state index in [1.807, 2.05) is 60.7 Å². The number of benzene rings is 2. The van der Waals surface area contributed by atoms with E-state index in [9.17, 15) is 0 Å². The van der Waals surface area contributed by atoms with E-state index in [2.05, 4.69) is 10.5 Å². The zero-order valence-electron chi connectivity index (χ0n) is 12.1. The summed E-state index contributed by atoms with van der Waals surface area (Å²) in [6.07, 6.45) is 0. The normalized spacial score (nSPS) is 21.3. The van der Waals surface area contributed by atoms with E-state index < -0.39 is 5.72 Å². The maximum Gasteiger partial charge on any atom is 0.228 e. The first-order chi connectivity index (χ1) is 10.7. The average Bonchev–Trinajstić information content (AvgIpc) is 2.59. The summed E-state index contributed by atoms with van der Waals surface area (Å²) in [6.45, 7) is 0. The molecule has 1 aliphatic heterocycles. The number of nitrogens with two attached hydrogens (primary N) is 1. The maximum absolute atomic E-state index is 6.25. The molecule has 0 saturated carbocycles. The van der Waals surface area contributed by atoms with Gasteiger partial charge in [-0.3, -0.25) is 5.43 Å². The molecule has 3 N–H and O–H groups in total. The largest absolute Gasteiger partial charge is 0.348 e. The van der Waals surface area contributed by atoms with Gasteiger partial charge in [-0.15, -0.1) is 0 Å². The molecular weight excluding hydrogens is 296 g/mol. The number of nitrogens with one attached hydrogen (secondary N) is 1. The van der Waals surface area contributed by atoms with Crippen LogP contribution in [0.2, 0.25) is 0 Å². The van der Waals surface area contributed by atoms with Crippen molar-refractivity contribution >= 4 is 23.0 Å². The number of hydrazone groups is 1. The molecule has 0 bridgehead atoms. The number of thiocarbonyl (C=S) groups is 1. The predicted molar refractivity (Wildman–Crippen MR) is 89.9 cm³/mol. The standard InChI is InChI=1S/C16H16N4OS/c1-21-16(13-10-6-3-7-11-13)14(12-8-4-2-5-9-12)18-19-15(22)20(16)17/h2-11H,17H2,1H3,(H,19,22). The third-order valence-electron chi connectivity index (χ3n) is 3.65. The van der Waals surface area contributed by atoms with Crippen LogP contribution in [-0.2, 0) is 10.5 Å². The van der Waals surface area contributed by atoms with E-state index in [4.69, 9.17) is 22.8 Å². The number of nitrogens with zero attached hydrogens (tertiary/aromatic N) is 2. The van der Waals surface area contributed by atoms with Crippen molar-refractivity contribution in [1.82, 2.24) is 10.4 Å². The minimum absolute atomic E-state index is 0.297. The average molecular weight is 312 g/mol. The van der Waals surface area contributed by atoms with Gasteiger partial charge in [-0.2, -0.15) is 5.10 Å². The molecular formula is C16H16N4OS. The van der Waals surface area contributed by atoms with Gasteiger partial charge >= 0.3 is 0 Å². The minimum Gasteiger partial charge on any atom is -0.348 e. The van der Waals surface area contributed by atoms with Gasteiger partial charge in [-0.25, -0.2) is 10.9 Å². The molecule has 3 rings (SSSR count). The van der Waals surface area contributed by atoms with Gasteiger partial charge in [0.1, 0.15) is 5.71 Å². The van der Waals surface area contributed by atoms with Crippen LogP contribution in [0.15, 0.2) is 65.8 Å². The Morgan fingerprint density at radius 3 is 2.27 bits per heavy atom. The molecule has 6 heteroatoms. The van der Waals surface area contributed by atoms with E-state index in [-0.39, 0.29) is 0 Å². The van der Waals surface area contributed by atoms with Gasteiger partial charge < -0.3 is 4.74 Å². The predicted octanol–water partition coefficient (Wildman–Crippen LogP) is 1.95. The SMILES string of the molecule is COC1(c2ccccc2)C(c2ccccc2)=NNC(=S)N1N. The summed E-state index contributed by atoms with van der Waals surface area (Å²) in [7, 11) is 1.60. The van der Waals surface area contributed by atoms with Crippen molar-refractivity contribution < 1.29 is 4.74 Å². The first kappa shape index (κ1) is 14.6. The highest BCUT2D eigenvalue weighted by atomic mass is 32.1. The Labute approximate surface area is 134 Å². The molecule has 112 valence electrons. The zero-order valence-corrected chi connectivity index (χ0v) is 12.9. The zero-order chi connectivity index (χ0) is 15.6. The van der Waals surface area contributed by atoms with Crippen molar-refractivity contribution in [3.05, 3.63) is 71.8 Å². The number of hydrogen-bond acceptors (Lipinski definition) is 4. The second-order valence-corrected chi connectivity index (χ2v) is 5.21. The summed E-state index contributed by atoms with van der Waals surface area (Å²) in [6, 6.07) is 19.4. The summed E-state index contributed by atoms with van der Waals surface area (Å²) < 4.78 is 5.86. The van der Waals surface area contributed by atoms with Crippen LogP contribution in [-0.4, -0.2) is 22.9 Å². The topological polar surface area (TPSA) is 62.9 Å². The van der Waals surface area contributed by atoms with Crippen molar-refractivity contribution in [1.29, 1.82) is 0 Å². The lowest BCUT2D eigenvalue weighted by atomic mass is 9.91. The summed E-state index contributed by atoms with van der Waals surface area (Å²) in [5.74, 6) is 6.25. The van der Waals surface area contributed by atoms with Crippen LogP contribution in [0.3, 0.4) is 0 Å². The van der Waals surface area contributed by atoms with Crippen LogP contribution in [0.5, 0.6) is 0 Å². The number of hydrogen-bond donors (Lipinski definition) is 2. The summed E-state index contributed by atoms with van der Waals surface area (Å²) in [4.78, 5) is 0. The first-order valence-corrected chi connectivity index (χ1v) is 7.20. The highest BCUT2D eigenvalue weighted by molar-refractivity contribution is 7.80. The van der Waals surface area contributed by atoms with E-state index in [0.29, 0.717) is 10.8 Å². The van der Waals surface area contributed by atoms with Gasteiger partial charge in [-0.05, 0) is 12.2 Å². The van der Waals surface area contributed by atoms with E-state index in [1.165, 1.54) is 5.01 Å². The number of ether oxygens (including phenoxy) is 1.